The second-order valence-electron chi connectivity index (χ2n) is 6.75. The van der Waals surface area contributed by atoms with Gasteiger partial charge < -0.3 is 5.32 Å². The van der Waals surface area contributed by atoms with E-state index < -0.39 is 0 Å². The number of hydrogen-bond donors (Lipinski definition) is 1. The lowest BCUT2D eigenvalue weighted by Gasteiger charge is -2.15. The van der Waals surface area contributed by atoms with Crippen LogP contribution in [-0.2, 0) is 12.8 Å². The predicted molar refractivity (Wildman–Crippen MR) is 91.1 cm³/mol. The minimum atomic E-state index is -0.0998. The van der Waals surface area contributed by atoms with Crippen molar-refractivity contribution < 1.29 is 4.79 Å². The second kappa shape index (κ2) is 5.74. The number of carbonyl (C=O) groups is 1. The third-order valence-corrected chi connectivity index (χ3v) is 6.10. The number of aromatic nitrogens is 3. The highest BCUT2D eigenvalue weighted by Crippen LogP contribution is 2.40. The van der Waals surface area contributed by atoms with Gasteiger partial charge in [-0.05, 0) is 58.3 Å². The van der Waals surface area contributed by atoms with E-state index in [4.69, 9.17) is 0 Å². The van der Waals surface area contributed by atoms with Crippen LogP contribution in [0.4, 0.5) is 5.82 Å². The van der Waals surface area contributed by atoms with Crippen molar-refractivity contribution >= 4 is 23.1 Å². The smallest absolute Gasteiger partial charge is 0.285 e. The first kappa shape index (κ1) is 14.9. The molecule has 6 heteroatoms. The molecule has 1 amide bonds. The second-order valence-corrected chi connectivity index (χ2v) is 7.83. The molecule has 2 aromatic rings. The number of anilines is 1. The number of nitrogens with one attached hydrogen (secondary N) is 1. The molecule has 2 aliphatic carbocycles. The summed E-state index contributed by atoms with van der Waals surface area (Å²) in [6.07, 6.45) is 8.81. The first-order chi connectivity index (χ1) is 11.1. The summed E-state index contributed by atoms with van der Waals surface area (Å²) in [6, 6.07) is 0.337. The third-order valence-electron chi connectivity index (χ3n) is 4.94. The molecule has 4 rings (SSSR count). The van der Waals surface area contributed by atoms with Crippen LogP contribution in [0.3, 0.4) is 0 Å². The molecule has 2 heterocycles. The molecule has 0 aromatic carbocycles. The number of carbonyl (C=O) groups excluding carboxylic acids is 1. The van der Waals surface area contributed by atoms with Gasteiger partial charge in [0.05, 0.1) is 17.9 Å². The molecule has 2 aromatic heterocycles. The molecular weight excluding hydrogens is 308 g/mol. The van der Waals surface area contributed by atoms with E-state index in [1.165, 1.54) is 30.6 Å². The van der Waals surface area contributed by atoms with E-state index in [2.05, 4.69) is 22.3 Å². The zero-order valence-corrected chi connectivity index (χ0v) is 14.4. The van der Waals surface area contributed by atoms with Crippen molar-refractivity contribution in [3.05, 3.63) is 27.3 Å². The van der Waals surface area contributed by atoms with Crippen molar-refractivity contribution in [3.8, 4) is 0 Å². The average Bonchev–Trinajstić information content (AvgIpc) is 3.21. The molecule has 1 fully saturated rings. The number of rotatable bonds is 4. The Kier molecular flexibility index (Phi) is 3.71. The standard InChI is InChI=1S/C17H22N4OS/c1-10-9-18-21(11(2)12-7-8-12)15(10)20-16(22)17-19-13-5-3-4-6-14(13)23-17/h9,11-12H,3-8H2,1-2H3,(H,20,22)/t11-/m0/s1. The molecule has 1 N–H and O–H groups in total. The molecule has 1 saturated carbocycles. The molecule has 5 nitrogen and oxygen atoms in total. The predicted octanol–water partition coefficient (Wildman–Crippen LogP) is 3.75. The Hall–Kier alpha value is -1.69. The van der Waals surface area contributed by atoms with Crippen LogP contribution in [0.2, 0.25) is 0 Å². The maximum Gasteiger partial charge on any atom is 0.285 e. The molecule has 0 unspecified atom stereocenters. The van der Waals surface area contributed by atoms with Gasteiger partial charge in [0.15, 0.2) is 5.01 Å². The summed E-state index contributed by atoms with van der Waals surface area (Å²) in [4.78, 5) is 18.5. The van der Waals surface area contributed by atoms with E-state index in [9.17, 15) is 4.79 Å². The average molecular weight is 330 g/mol. The largest absolute Gasteiger partial charge is 0.304 e. The Morgan fingerprint density at radius 1 is 1.39 bits per heavy atom. The zero-order valence-electron chi connectivity index (χ0n) is 13.6. The zero-order chi connectivity index (χ0) is 16.0. The molecule has 0 radical (unpaired) electrons. The van der Waals surface area contributed by atoms with E-state index in [1.54, 1.807) is 11.3 Å². The minimum Gasteiger partial charge on any atom is -0.304 e. The van der Waals surface area contributed by atoms with Gasteiger partial charge in [0.2, 0.25) is 0 Å². The first-order valence-corrected chi connectivity index (χ1v) is 9.29. The maximum absolute atomic E-state index is 12.6. The fourth-order valence-electron chi connectivity index (χ4n) is 3.30. The quantitative estimate of drug-likeness (QED) is 0.929. The number of fused-ring (bicyclic) bond motifs is 1. The van der Waals surface area contributed by atoms with Crippen LogP contribution in [0, 0.1) is 12.8 Å². The summed E-state index contributed by atoms with van der Waals surface area (Å²) in [5.74, 6) is 1.41. The lowest BCUT2D eigenvalue weighted by molar-refractivity contribution is 0.102. The normalized spacial score (nSPS) is 18.5. The van der Waals surface area contributed by atoms with Crippen LogP contribution >= 0.6 is 11.3 Å². The van der Waals surface area contributed by atoms with Crippen molar-refractivity contribution in [2.24, 2.45) is 5.92 Å². The van der Waals surface area contributed by atoms with Gasteiger partial charge in [0.25, 0.3) is 5.91 Å². The van der Waals surface area contributed by atoms with Crippen LogP contribution in [0.5, 0.6) is 0 Å². The van der Waals surface area contributed by atoms with E-state index in [1.807, 2.05) is 17.8 Å². The lowest BCUT2D eigenvalue weighted by Crippen LogP contribution is -2.19. The van der Waals surface area contributed by atoms with Gasteiger partial charge in [0, 0.05) is 10.4 Å². The molecule has 0 saturated heterocycles. The molecule has 23 heavy (non-hydrogen) atoms. The lowest BCUT2D eigenvalue weighted by atomic mass is 10.0. The van der Waals surface area contributed by atoms with Gasteiger partial charge in [-0.25, -0.2) is 9.67 Å². The Morgan fingerprint density at radius 3 is 2.91 bits per heavy atom. The SMILES string of the molecule is Cc1cnn([C@@H](C)C2CC2)c1NC(=O)c1nc2c(s1)CCCC2. The van der Waals surface area contributed by atoms with Gasteiger partial charge in [-0.2, -0.15) is 5.10 Å². The summed E-state index contributed by atoms with van der Waals surface area (Å²) in [5, 5.41) is 8.12. The summed E-state index contributed by atoms with van der Waals surface area (Å²) >= 11 is 1.55. The van der Waals surface area contributed by atoms with Crippen molar-refractivity contribution in [1.82, 2.24) is 14.8 Å². The van der Waals surface area contributed by atoms with Gasteiger partial charge in [-0.3, -0.25) is 4.79 Å². The Morgan fingerprint density at radius 2 is 2.17 bits per heavy atom. The Balaban J connectivity index is 1.56. The summed E-state index contributed by atoms with van der Waals surface area (Å²) < 4.78 is 1.97. The van der Waals surface area contributed by atoms with Crippen LogP contribution in [0.25, 0.3) is 0 Å². The van der Waals surface area contributed by atoms with E-state index >= 15 is 0 Å². The van der Waals surface area contributed by atoms with Gasteiger partial charge in [-0.15, -0.1) is 11.3 Å². The minimum absolute atomic E-state index is 0.0998. The van der Waals surface area contributed by atoms with Crippen LogP contribution in [0.1, 0.15) is 64.6 Å². The monoisotopic (exact) mass is 330 g/mol. The Labute approximate surface area is 140 Å². The highest BCUT2D eigenvalue weighted by atomic mass is 32.1. The molecule has 0 bridgehead atoms. The Bertz CT molecular complexity index is 720. The highest BCUT2D eigenvalue weighted by Gasteiger charge is 2.31. The van der Waals surface area contributed by atoms with Gasteiger partial charge in [0.1, 0.15) is 5.82 Å². The summed E-state index contributed by atoms with van der Waals surface area (Å²) in [6.45, 7) is 4.17. The van der Waals surface area contributed by atoms with E-state index in [-0.39, 0.29) is 5.91 Å². The topological polar surface area (TPSA) is 59.8 Å². The number of aryl methyl sites for hydroxylation is 3. The van der Waals surface area contributed by atoms with Crippen LogP contribution in [-0.4, -0.2) is 20.7 Å². The summed E-state index contributed by atoms with van der Waals surface area (Å²) in [7, 11) is 0. The summed E-state index contributed by atoms with van der Waals surface area (Å²) in [5.41, 5.74) is 2.13. The fourth-order valence-corrected chi connectivity index (χ4v) is 4.35. The van der Waals surface area contributed by atoms with Gasteiger partial charge >= 0.3 is 0 Å². The number of thiazole rings is 1. The van der Waals surface area contributed by atoms with E-state index in [0.717, 1.165) is 29.9 Å². The third kappa shape index (κ3) is 2.80. The number of amides is 1. The van der Waals surface area contributed by atoms with Crippen LogP contribution in [0.15, 0.2) is 6.20 Å². The van der Waals surface area contributed by atoms with Crippen molar-refractivity contribution in [1.29, 1.82) is 0 Å². The van der Waals surface area contributed by atoms with E-state index in [0.29, 0.717) is 17.0 Å². The van der Waals surface area contributed by atoms with Gasteiger partial charge in [-0.1, -0.05) is 0 Å². The fraction of sp³-hybridized carbons (Fsp3) is 0.588. The highest BCUT2D eigenvalue weighted by molar-refractivity contribution is 7.13. The molecule has 1 atom stereocenters. The van der Waals surface area contributed by atoms with Crippen LogP contribution < -0.4 is 5.32 Å². The molecule has 2 aliphatic rings. The first-order valence-electron chi connectivity index (χ1n) is 8.47. The number of nitrogens with zero attached hydrogens (tertiary/aromatic N) is 3. The maximum atomic E-state index is 12.6. The van der Waals surface area contributed by atoms with Crippen molar-refractivity contribution in [3.63, 3.8) is 0 Å². The van der Waals surface area contributed by atoms with Crippen molar-refractivity contribution in [2.45, 2.75) is 58.4 Å². The molecule has 0 spiro atoms. The molecule has 0 aliphatic heterocycles. The van der Waals surface area contributed by atoms with Crippen molar-refractivity contribution in [2.75, 3.05) is 5.32 Å². The molecular formula is C17H22N4OS. The number of hydrogen-bond acceptors (Lipinski definition) is 4. The molecule has 122 valence electrons.